The first kappa shape index (κ1) is 102. The van der Waals surface area contributed by atoms with Gasteiger partial charge in [-0.15, -0.1) is 0 Å². The van der Waals surface area contributed by atoms with Crippen molar-refractivity contribution < 1.29 is 36.3 Å². The van der Waals surface area contributed by atoms with E-state index in [1.54, 1.807) is 6.92 Å². The SMILES string of the molecule is CC1(F)CCC(C(=O)C[C@@H](CCN2CCN[C@@H](CN(CCCCN)[C@H]3CCCc4cccnc43)C2)c2ccccc2)CC1.CCCCCN(Cc1ccccn1)C[C@H]1CN(CC[C@H](NC(=O)C2CCC(F)(F)CC2)c2ccccc2)CCN1.O=C(N[C@@H](CCN1CCNC(CN(CCCCNC2CCCCC2)[C@H]2CCCc3cccnc32)C1)c1ccccc1)C1CCC(F)(F)CC1. The molecule has 3 saturated heterocycles. The zero-order chi connectivity index (χ0) is 92.2. The van der Waals surface area contributed by atoms with Crippen LogP contribution in [0.2, 0.25) is 0 Å². The average molecular weight is 1830 g/mol. The molecule has 726 valence electrons. The van der Waals surface area contributed by atoms with Crippen molar-refractivity contribution in [2.45, 2.75) is 310 Å². The van der Waals surface area contributed by atoms with Gasteiger partial charge in [-0.3, -0.25) is 44.0 Å². The maximum atomic E-state index is 14.4. The molecule has 7 fully saturated rings. The number of Topliss-reactive ketones (excluding diaryl/α,β-unsaturated/α-hetero) is 1. The van der Waals surface area contributed by atoms with E-state index in [-0.39, 0.29) is 98.9 Å². The van der Waals surface area contributed by atoms with Crippen LogP contribution < -0.4 is 37.6 Å². The molecule has 4 saturated carbocycles. The second kappa shape index (κ2) is 53.6. The maximum absolute atomic E-state index is 14.4. The number of fused-ring (bicyclic) bond motifs is 2. The normalized spacial score (nSPS) is 24.2. The Bertz CT molecular complexity index is 4270. The first-order chi connectivity index (χ1) is 64.3. The molecule has 24 heteroatoms. The zero-order valence-corrected chi connectivity index (χ0v) is 80.0. The van der Waals surface area contributed by atoms with Gasteiger partial charge in [0, 0.05) is 191 Å². The van der Waals surface area contributed by atoms with Crippen LogP contribution in [0.4, 0.5) is 22.0 Å². The summed E-state index contributed by atoms with van der Waals surface area (Å²) in [5.74, 6) is -5.52. The lowest BCUT2D eigenvalue weighted by Gasteiger charge is -2.41. The lowest BCUT2D eigenvalue weighted by atomic mass is 9.76. The summed E-state index contributed by atoms with van der Waals surface area (Å²) >= 11 is 0. The fraction of sp³-hybridized carbons (Fsp3) is 0.667. The Morgan fingerprint density at radius 3 is 1.42 bits per heavy atom. The number of aryl methyl sites for hydroxylation is 2. The molecule has 0 radical (unpaired) electrons. The Balaban J connectivity index is 0.000000169. The van der Waals surface area contributed by atoms with Gasteiger partial charge in [-0.2, -0.15) is 0 Å². The van der Waals surface area contributed by atoms with Gasteiger partial charge in [-0.25, -0.2) is 22.0 Å². The number of alkyl halides is 5. The lowest BCUT2D eigenvalue weighted by Crippen LogP contribution is -2.56. The number of pyridine rings is 3. The molecule has 6 aliphatic carbocycles. The van der Waals surface area contributed by atoms with Crippen LogP contribution in [0.5, 0.6) is 0 Å². The number of benzene rings is 3. The number of aromatic nitrogens is 3. The Morgan fingerprint density at radius 1 is 0.477 bits per heavy atom. The van der Waals surface area contributed by atoms with E-state index in [1.165, 1.54) is 112 Å². The van der Waals surface area contributed by atoms with Crippen molar-refractivity contribution in [1.82, 2.24) is 76.3 Å². The molecule has 2 amide bonds. The second-order valence-electron chi connectivity index (χ2n) is 40.5. The van der Waals surface area contributed by atoms with E-state index in [1.807, 2.05) is 79.3 Å². The standard InChI is InChI=1S/C40H60F2N6O.C36H54FN5O.C32H47F2N5O/c41-40(42)21-18-33(19-22-40)39(49)46-36(31-11-3-1-4-12-31)20-27-47-28-25-44-35(29-47)30-48(26-8-7-23-43-34-15-5-2-6-16-34)37-17-9-13-32-14-10-24-45-38(32)37;1-36(37)17-14-29(15-18-36)34(43)25-31(28-9-3-2-4-10-28)16-23-41-24-21-39-32(26-41)27-42(22-6-5-19-38)33-13-7-11-30-12-8-20-40-35(30)33;1-2-3-9-20-39(23-28-12-7-8-18-35-28)25-29-24-38(22-19-36-29)21-15-30(26-10-5-4-6-11-26)37-31(40)27-13-16-32(33,34)17-14-27/h1,3-4,10-12,14,24,33-37,43-44H,2,5-9,13,15-23,25-30H2,(H,46,49);2-4,8-10,12,20,29,31-33,39H,5-7,11,13-19,21-27,38H2,1H3;4-8,10-12,18,27,29-30,36H,2-3,9,13-17,19-25H2,1H3,(H,37,40)/t35?,36-,37-;29?,31-,32-,33+,36?;29-,30+/m011/s1. The van der Waals surface area contributed by atoms with Crippen LogP contribution in [-0.4, -0.2) is 235 Å². The Kier molecular flexibility index (Phi) is 41.6. The average Bonchev–Trinajstić information content (AvgIpc) is 0.809. The van der Waals surface area contributed by atoms with Gasteiger partial charge in [0.25, 0.3) is 0 Å². The van der Waals surface area contributed by atoms with E-state index in [9.17, 15) is 36.3 Å². The van der Waals surface area contributed by atoms with Crippen LogP contribution in [0.3, 0.4) is 0 Å². The highest BCUT2D eigenvalue weighted by molar-refractivity contribution is 5.82. The summed E-state index contributed by atoms with van der Waals surface area (Å²) in [6.07, 6.45) is 33.6. The van der Waals surface area contributed by atoms with Crippen LogP contribution in [-0.2, 0) is 33.8 Å². The highest BCUT2D eigenvalue weighted by atomic mass is 19.3. The van der Waals surface area contributed by atoms with E-state index < -0.39 is 17.5 Å². The molecule has 6 heterocycles. The number of halogens is 5. The van der Waals surface area contributed by atoms with Crippen molar-refractivity contribution in [1.29, 1.82) is 0 Å². The number of rotatable bonds is 43. The summed E-state index contributed by atoms with van der Waals surface area (Å²) in [6.45, 7) is 24.4. The van der Waals surface area contributed by atoms with Crippen molar-refractivity contribution >= 4 is 17.6 Å². The quantitative estimate of drug-likeness (QED) is 0.0140. The molecular weight excluding hydrogens is 1660 g/mol. The monoisotopic (exact) mass is 1830 g/mol. The summed E-state index contributed by atoms with van der Waals surface area (Å²) in [5.41, 5.74) is 14.7. The lowest BCUT2D eigenvalue weighted by molar-refractivity contribution is -0.131. The molecule has 9 aliphatic rings. The molecule has 8 N–H and O–H groups in total. The van der Waals surface area contributed by atoms with Crippen molar-refractivity contribution in [2.24, 2.45) is 23.5 Å². The minimum absolute atomic E-state index is 0.0169. The number of nitrogens with one attached hydrogen (secondary N) is 6. The van der Waals surface area contributed by atoms with E-state index in [2.05, 4.69) is 146 Å². The number of nitrogens with two attached hydrogens (primary N) is 1. The molecule has 3 aliphatic heterocycles. The summed E-state index contributed by atoms with van der Waals surface area (Å²) in [4.78, 5) is 69.7. The van der Waals surface area contributed by atoms with Gasteiger partial charge in [0.05, 0.1) is 41.2 Å². The molecular formula is C108H161F5N16O3. The third-order valence-corrected chi connectivity index (χ3v) is 30.3. The van der Waals surface area contributed by atoms with Crippen LogP contribution in [0.1, 0.15) is 294 Å². The van der Waals surface area contributed by atoms with E-state index in [0.29, 0.717) is 74.1 Å². The third-order valence-electron chi connectivity index (χ3n) is 30.3. The van der Waals surface area contributed by atoms with E-state index >= 15 is 0 Å². The van der Waals surface area contributed by atoms with Gasteiger partial charge in [-0.05, 0) is 258 Å². The van der Waals surface area contributed by atoms with Crippen LogP contribution in [0.25, 0.3) is 0 Å². The molecule has 3 aromatic heterocycles. The maximum Gasteiger partial charge on any atom is 0.248 e. The number of carbonyl (C=O) groups excluding carboxylic acids is 3. The molecule has 3 aromatic carbocycles. The van der Waals surface area contributed by atoms with E-state index in [4.69, 9.17) is 15.7 Å². The van der Waals surface area contributed by atoms with Gasteiger partial charge in [0.15, 0.2) is 0 Å². The van der Waals surface area contributed by atoms with Crippen molar-refractivity contribution in [3.8, 4) is 0 Å². The highest BCUT2D eigenvalue weighted by Crippen LogP contribution is 2.42. The van der Waals surface area contributed by atoms with Gasteiger partial charge in [0.1, 0.15) is 11.5 Å². The molecule has 15 rings (SSSR count). The summed E-state index contributed by atoms with van der Waals surface area (Å²) in [5, 5.41) is 21.7. The molecule has 0 bridgehead atoms. The molecule has 8 atom stereocenters. The molecule has 6 aromatic rings. The predicted octanol–water partition coefficient (Wildman–Crippen LogP) is 18.1. The molecule has 1 unspecified atom stereocenters. The number of nitrogens with zero attached hydrogens (tertiary/aromatic N) is 9. The third kappa shape index (κ3) is 33.4. The fourth-order valence-corrected chi connectivity index (χ4v) is 22.4. The van der Waals surface area contributed by atoms with Crippen LogP contribution >= 0.6 is 0 Å². The van der Waals surface area contributed by atoms with Gasteiger partial charge < -0.3 is 52.3 Å². The number of hydrogen-bond acceptors (Lipinski definition) is 17. The predicted molar refractivity (Wildman–Crippen MR) is 522 cm³/mol. The first-order valence-corrected chi connectivity index (χ1v) is 51.8. The van der Waals surface area contributed by atoms with Crippen LogP contribution in [0.15, 0.2) is 152 Å². The number of piperazine rings is 3. The fourth-order valence-electron chi connectivity index (χ4n) is 22.4. The summed E-state index contributed by atoms with van der Waals surface area (Å²) < 4.78 is 69.2. The minimum Gasteiger partial charge on any atom is -0.349 e. The zero-order valence-electron chi connectivity index (χ0n) is 80.0. The number of hydrogen-bond donors (Lipinski definition) is 7. The Labute approximate surface area is 787 Å². The molecule has 132 heavy (non-hydrogen) atoms. The summed E-state index contributed by atoms with van der Waals surface area (Å²) in [7, 11) is 0. The topological polar surface area (TPSA) is 208 Å². The first-order valence-electron chi connectivity index (χ1n) is 51.8. The Morgan fingerprint density at radius 2 is 0.932 bits per heavy atom. The highest BCUT2D eigenvalue weighted by Gasteiger charge is 2.42. The number of carbonyl (C=O) groups is 3. The van der Waals surface area contributed by atoms with Gasteiger partial charge in [0.2, 0.25) is 23.7 Å². The van der Waals surface area contributed by atoms with Gasteiger partial charge in [-0.1, -0.05) is 148 Å². The van der Waals surface area contributed by atoms with Crippen molar-refractivity contribution in [2.75, 3.05) is 131 Å². The van der Waals surface area contributed by atoms with Crippen molar-refractivity contribution in [3.05, 3.63) is 197 Å². The number of amides is 2. The van der Waals surface area contributed by atoms with E-state index in [0.717, 1.165) is 206 Å². The Hall–Kier alpha value is -7.07. The summed E-state index contributed by atoms with van der Waals surface area (Å²) in [6, 6.07) is 47.9. The number of ketones is 1. The second-order valence-corrected chi connectivity index (χ2v) is 40.5. The number of unbranched alkanes of at least 4 members (excludes halogenated alkanes) is 4. The minimum atomic E-state index is -2.63. The largest absolute Gasteiger partial charge is 0.349 e. The van der Waals surface area contributed by atoms with Crippen LogP contribution in [0, 0.1) is 17.8 Å². The molecule has 0 spiro atoms. The molecule has 19 nitrogen and oxygen atoms in total. The smallest absolute Gasteiger partial charge is 0.248 e. The van der Waals surface area contributed by atoms with Gasteiger partial charge >= 0.3 is 0 Å². The van der Waals surface area contributed by atoms with Crippen molar-refractivity contribution in [3.63, 3.8) is 0 Å².